The van der Waals surface area contributed by atoms with Crippen molar-refractivity contribution in [3.63, 3.8) is 0 Å². The number of carbonyl (C=O) groups is 2. The van der Waals surface area contributed by atoms with Gasteiger partial charge in [-0.2, -0.15) is 0 Å². The van der Waals surface area contributed by atoms with E-state index in [9.17, 15) is 9.59 Å². The van der Waals surface area contributed by atoms with E-state index >= 15 is 0 Å². The third-order valence-electron chi connectivity index (χ3n) is 6.30. The Kier molecular flexibility index (Phi) is 5.45. The second-order valence-electron chi connectivity index (χ2n) is 7.93. The Morgan fingerprint density at radius 3 is 2.59 bits per heavy atom. The Hall–Kier alpha value is -1.92. The van der Waals surface area contributed by atoms with E-state index in [0.29, 0.717) is 31.8 Å². The average molecular weight is 371 g/mol. The number of amides is 3. The smallest absolute Gasteiger partial charge is 0.327 e. The molecule has 6 nitrogen and oxygen atoms in total. The maximum Gasteiger partial charge on any atom is 0.327 e. The van der Waals surface area contributed by atoms with Crippen LogP contribution in [-0.4, -0.2) is 66.7 Å². The first-order valence-corrected chi connectivity index (χ1v) is 10.2. The minimum Gasteiger partial charge on any atom is -0.381 e. The lowest BCUT2D eigenvalue weighted by Crippen LogP contribution is -2.56. The molecule has 0 saturated carbocycles. The summed E-state index contributed by atoms with van der Waals surface area (Å²) >= 11 is 0. The zero-order chi connectivity index (χ0) is 18.7. The number of urea groups is 1. The zero-order valence-corrected chi connectivity index (χ0v) is 15.9. The molecule has 1 spiro atoms. The topological polar surface area (TPSA) is 61.9 Å². The Bertz CT molecular complexity index is 667. The first-order chi connectivity index (χ1) is 13.2. The standard InChI is InChI=1S/C21H29N3O3/c25-19-21(9-11-22-12-10-21)24(14-7-17-4-2-1-3-5-17)20(26)23(19)13-6-18-8-15-27-16-18/h1-5,18,22H,6-16H2. The Morgan fingerprint density at radius 1 is 1.11 bits per heavy atom. The van der Waals surface area contributed by atoms with Gasteiger partial charge in [0.15, 0.2) is 0 Å². The van der Waals surface area contributed by atoms with Gasteiger partial charge in [0.1, 0.15) is 5.54 Å². The van der Waals surface area contributed by atoms with E-state index in [2.05, 4.69) is 17.4 Å². The van der Waals surface area contributed by atoms with Crippen molar-refractivity contribution < 1.29 is 14.3 Å². The van der Waals surface area contributed by atoms with E-state index in [1.54, 1.807) is 0 Å². The SMILES string of the molecule is O=C1N(CCC2CCOC2)C(=O)C2(CCNCC2)N1CCc1ccccc1. The molecule has 0 aromatic heterocycles. The fraction of sp³-hybridized carbons (Fsp3) is 0.619. The van der Waals surface area contributed by atoms with Crippen LogP contribution in [0.3, 0.4) is 0 Å². The summed E-state index contributed by atoms with van der Waals surface area (Å²) in [5.41, 5.74) is 0.548. The van der Waals surface area contributed by atoms with Crippen molar-refractivity contribution in [2.45, 2.75) is 37.6 Å². The summed E-state index contributed by atoms with van der Waals surface area (Å²) < 4.78 is 5.44. The van der Waals surface area contributed by atoms with E-state index in [4.69, 9.17) is 4.74 Å². The van der Waals surface area contributed by atoms with E-state index in [1.165, 1.54) is 10.5 Å². The summed E-state index contributed by atoms with van der Waals surface area (Å²) in [5.74, 6) is 0.480. The van der Waals surface area contributed by atoms with Gasteiger partial charge < -0.3 is 15.0 Å². The second-order valence-corrected chi connectivity index (χ2v) is 7.93. The first kappa shape index (κ1) is 18.4. The highest BCUT2D eigenvalue weighted by molar-refractivity contribution is 6.07. The van der Waals surface area contributed by atoms with E-state index in [0.717, 1.165) is 45.6 Å². The monoisotopic (exact) mass is 371 g/mol. The predicted octanol–water partition coefficient (Wildman–Crippen LogP) is 2.04. The second kappa shape index (κ2) is 7.98. The van der Waals surface area contributed by atoms with Gasteiger partial charge in [0.2, 0.25) is 0 Å². The number of hydrogen-bond acceptors (Lipinski definition) is 4. The van der Waals surface area contributed by atoms with Crippen LogP contribution >= 0.6 is 0 Å². The van der Waals surface area contributed by atoms with Gasteiger partial charge in [-0.3, -0.25) is 9.69 Å². The minimum absolute atomic E-state index is 0.0148. The number of benzene rings is 1. The van der Waals surface area contributed by atoms with Crippen molar-refractivity contribution in [2.24, 2.45) is 5.92 Å². The molecule has 1 aromatic carbocycles. The molecule has 1 atom stereocenters. The maximum absolute atomic E-state index is 13.3. The molecule has 3 saturated heterocycles. The van der Waals surface area contributed by atoms with Gasteiger partial charge in [-0.25, -0.2) is 4.79 Å². The zero-order valence-electron chi connectivity index (χ0n) is 15.9. The molecule has 3 aliphatic heterocycles. The molecule has 3 amide bonds. The van der Waals surface area contributed by atoms with Crippen LogP contribution in [0.15, 0.2) is 30.3 Å². The lowest BCUT2D eigenvalue weighted by molar-refractivity contribution is -0.134. The largest absolute Gasteiger partial charge is 0.381 e. The highest BCUT2D eigenvalue weighted by Crippen LogP contribution is 2.36. The average Bonchev–Trinajstić information content (AvgIpc) is 3.28. The van der Waals surface area contributed by atoms with Gasteiger partial charge in [-0.05, 0) is 56.7 Å². The van der Waals surface area contributed by atoms with Crippen LogP contribution in [0.2, 0.25) is 0 Å². The van der Waals surface area contributed by atoms with Crippen molar-refractivity contribution in [1.29, 1.82) is 0 Å². The van der Waals surface area contributed by atoms with Crippen molar-refractivity contribution in [1.82, 2.24) is 15.1 Å². The van der Waals surface area contributed by atoms with Gasteiger partial charge in [0, 0.05) is 26.3 Å². The number of rotatable bonds is 6. The number of nitrogens with zero attached hydrogens (tertiary/aromatic N) is 2. The van der Waals surface area contributed by atoms with Crippen LogP contribution in [0, 0.1) is 5.92 Å². The fourth-order valence-corrected chi connectivity index (χ4v) is 4.62. The number of nitrogens with one attached hydrogen (secondary N) is 1. The predicted molar refractivity (Wildman–Crippen MR) is 102 cm³/mol. The molecule has 3 heterocycles. The van der Waals surface area contributed by atoms with Crippen molar-refractivity contribution in [3.8, 4) is 0 Å². The lowest BCUT2D eigenvalue weighted by atomic mass is 9.86. The quantitative estimate of drug-likeness (QED) is 0.778. The molecule has 27 heavy (non-hydrogen) atoms. The summed E-state index contributed by atoms with van der Waals surface area (Å²) in [5, 5.41) is 3.33. The molecule has 3 aliphatic rings. The molecule has 6 heteroatoms. The normalized spacial score (nSPS) is 25.0. The molecule has 1 N–H and O–H groups in total. The first-order valence-electron chi connectivity index (χ1n) is 10.2. The molecular weight excluding hydrogens is 342 g/mol. The fourth-order valence-electron chi connectivity index (χ4n) is 4.62. The number of ether oxygens (including phenoxy) is 1. The molecule has 1 aromatic rings. The molecule has 1 unspecified atom stereocenters. The van der Waals surface area contributed by atoms with E-state index < -0.39 is 5.54 Å². The van der Waals surface area contributed by atoms with E-state index in [1.807, 2.05) is 23.1 Å². The summed E-state index contributed by atoms with van der Waals surface area (Å²) in [4.78, 5) is 29.9. The number of imide groups is 1. The molecule has 3 fully saturated rings. The van der Waals surface area contributed by atoms with Crippen LogP contribution in [0.25, 0.3) is 0 Å². The van der Waals surface area contributed by atoms with Gasteiger partial charge >= 0.3 is 6.03 Å². The van der Waals surface area contributed by atoms with E-state index in [-0.39, 0.29) is 11.9 Å². The molecule has 146 valence electrons. The molecule has 0 bridgehead atoms. The summed E-state index contributed by atoms with van der Waals surface area (Å²) in [6, 6.07) is 10.1. The lowest BCUT2D eigenvalue weighted by Gasteiger charge is -2.38. The van der Waals surface area contributed by atoms with Gasteiger partial charge in [-0.1, -0.05) is 30.3 Å². The van der Waals surface area contributed by atoms with Crippen LogP contribution in [0.5, 0.6) is 0 Å². The van der Waals surface area contributed by atoms with Gasteiger partial charge in [0.05, 0.1) is 0 Å². The number of piperidine rings is 1. The highest BCUT2D eigenvalue weighted by atomic mass is 16.5. The Balaban J connectivity index is 1.49. The Labute approximate surface area is 160 Å². The van der Waals surface area contributed by atoms with Crippen molar-refractivity contribution >= 4 is 11.9 Å². The summed E-state index contributed by atoms with van der Waals surface area (Å²) in [6.07, 6.45) is 4.06. The highest BCUT2D eigenvalue weighted by Gasteiger charge is 2.56. The molecule has 4 rings (SSSR count). The molecule has 0 radical (unpaired) electrons. The molecule has 0 aliphatic carbocycles. The van der Waals surface area contributed by atoms with Crippen LogP contribution in [0.1, 0.15) is 31.2 Å². The third kappa shape index (κ3) is 3.60. The van der Waals surface area contributed by atoms with Crippen molar-refractivity contribution in [3.05, 3.63) is 35.9 Å². The van der Waals surface area contributed by atoms with Gasteiger partial charge in [-0.15, -0.1) is 0 Å². The third-order valence-corrected chi connectivity index (χ3v) is 6.30. The Morgan fingerprint density at radius 2 is 1.89 bits per heavy atom. The molecular formula is C21H29N3O3. The summed E-state index contributed by atoms with van der Waals surface area (Å²) in [7, 11) is 0. The van der Waals surface area contributed by atoms with Crippen LogP contribution in [-0.2, 0) is 16.0 Å². The maximum atomic E-state index is 13.3. The van der Waals surface area contributed by atoms with Crippen molar-refractivity contribution in [2.75, 3.05) is 39.4 Å². The number of hydrogen-bond donors (Lipinski definition) is 1. The van der Waals surface area contributed by atoms with Crippen LogP contribution in [0.4, 0.5) is 4.79 Å². The summed E-state index contributed by atoms with van der Waals surface area (Å²) in [6.45, 7) is 4.23. The number of carbonyl (C=O) groups excluding carboxylic acids is 2. The van der Waals surface area contributed by atoms with Crippen LogP contribution < -0.4 is 5.32 Å². The van der Waals surface area contributed by atoms with Gasteiger partial charge in [0.25, 0.3) is 5.91 Å². The minimum atomic E-state index is -0.650.